The van der Waals surface area contributed by atoms with Gasteiger partial charge in [0.1, 0.15) is 29.1 Å². The van der Waals surface area contributed by atoms with Crippen molar-refractivity contribution in [2.45, 2.75) is 6.92 Å². The van der Waals surface area contributed by atoms with Gasteiger partial charge >= 0.3 is 0 Å². The number of nitriles is 1. The van der Waals surface area contributed by atoms with Gasteiger partial charge in [-0.15, -0.1) is 0 Å². The maximum Gasteiger partial charge on any atom is 0.260 e. The van der Waals surface area contributed by atoms with E-state index < -0.39 is 0 Å². The van der Waals surface area contributed by atoms with Crippen LogP contribution in [0, 0.1) is 18.3 Å². The van der Waals surface area contributed by atoms with E-state index in [9.17, 15) is 5.26 Å². The average Bonchev–Trinajstić information content (AvgIpc) is 3.27. The predicted molar refractivity (Wildman–Crippen MR) is 148 cm³/mol. The van der Waals surface area contributed by atoms with Crippen molar-refractivity contribution in [3.05, 3.63) is 108 Å². The number of aryl methyl sites for hydroxylation is 1. The van der Waals surface area contributed by atoms with Gasteiger partial charge in [0.25, 0.3) is 6.71 Å². The summed E-state index contributed by atoms with van der Waals surface area (Å²) in [6.45, 7) is 2.02. The van der Waals surface area contributed by atoms with Crippen molar-refractivity contribution in [2.24, 2.45) is 0 Å². The average molecular weight is 474 g/mol. The highest BCUT2D eigenvalue weighted by Crippen LogP contribution is 2.38. The third-order valence-corrected chi connectivity index (χ3v) is 7.68. The zero-order valence-corrected chi connectivity index (χ0v) is 20.0. The van der Waals surface area contributed by atoms with Crippen LogP contribution in [0.15, 0.2) is 97.1 Å². The molecule has 8 rings (SSSR count). The van der Waals surface area contributed by atoms with Gasteiger partial charge in [-0.25, -0.2) is 0 Å². The highest BCUT2D eigenvalue weighted by atomic mass is 16.5. The molecule has 0 fully saturated rings. The molecule has 6 aromatic rings. The second-order valence-electron chi connectivity index (χ2n) is 9.69. The van der Waals surface area contributed by atoms with E-state index in [2.05, 4.69) is 78.2 Å². The molecule has 3 heterocycles. The van der Waals surface area contributed by atoms with E-state index in [1.807, 2.05) is 36.4 Å². The van der Waals surface area contributed by atoms with Crippen LogP contribution >= 0.6 is 0 Å². The number of hydrogen-bond acceptors (Lipinski definition) is 3. The number of aromatic nitrogens is 1. The first kappa shape index (κ1) is 20.3. The Bertz CT molecular complexity index is 1930. The first-order valence-corrected chi connectivity index (χ1v) is 12.4. The van der Waals surface area contributed by atoms with Gasteiger partial charge < -0.3 is 14.0 Å². The first-order valence-electron chi connectivity index (χ1n) is 12.4. The summed E-state index contributed by atoms with van der Waals surface area (Å²) in [4.78, 5) is 0. The van der Waals surface area contributed by atoms with Crippen LogP contribution in [0.5, 0.6) is 23.0 Å². The SMILES string of the molecule is Cc1cccc2c1Oc1cccc3c1B2c1cc(-n2c4ccccc4c4ccccc42)c(C#N)cc1O3. The Labute approximate surface area is 214 Å². The largest absolute Gasteiger partial charge is 0.458 e. The molecule has 0 aliphatic carbocycles. The van der Waals surface area contributed by atoms with Gasteiger partial charge in [-0.2, -0.15) is 5.26 Å². The summed E-state index contributed by atoms with van der Waals surface area (Å²) in [6, 6.07) is 35.5. The molecule has 172 valence electrons. The van der Waals surface area contributed by atoms with E-state index in [-0.39, 0.29) is 6.71 Å². The van der Waals surface area contributed by atoms with E-state index >= 15 is 0 Å². The van der Waals surface area contributed by atoms with Crippen molar-refractivity contribution in [3.8, 4) is 34.8 Å². The van der Waals surface area contributed by atoms with E-state index in [1.54, 1.807) is 0 Å². The molecule has 0 unspecified atom stereocenters. The lowest BCUT2D eigenvalue weighted by molar-refractivity contribution is 0.462. The van der Waals surface area contributed by atoms with Crippen molar-refractivity contribution in [1.82, 2.24) is 4.57 Å². The van der Waals surface area contributed by atoms with E-state index in [0.29, 0.717) is 11.3 Å². The zero-order valence-electron chi connectivity index (χ0n) is 20.0. The van der Waals surface area contributed by atoms with Crippen LogP contribution < -0.4 is 25.9 Å². The molecule has 0 N–H and O–H groups in total. The van der Waals surface area contributed by atoms with Crippen LogP contribution in [0.25, 0.3) is 27.5 Å². The standard InChI is InChI=1S/C32H19BN2O2/c1-19-8-6-11-23-32(19)37-29-15-7-14-28-31(29)33(23)24-17-27(20(18-34)16-30(24)36-28)35-25-12-4-2-9-21(25)22-10-3-5-13-26(22)35/h2-17H,1H3. The minimum Gasteiger partial charge on any atom is -0.458 e. The fraction of sp³-hybridized carbons (Fsp3) is 0.0312. The van der Waals surface area contributed by atoms with Crippen molar-refractivity contribution < 1.29 is 9.47 Å². The minimum absolute atomic E-state index is 0.0572. The molecule has 37 heavy (non-hydrogen) atoms. The number of hydrogen-bond donors (Lipinski definition) is 0. The lowest BCUT2D eigenvalue weighted by Gasteiger charge is -2.33. The van der Waals surface area contributed by atoms with Crippen LogP contribution in [-0.4, -0.2) is 11.3 Å². The second-order valence-corrected chi connectivity index (χ2v) is 9.69. The van der Waals surface area contributed by atoms with Gasteiger partial charge in [-0.3, -0.25) is 0 Å². The van der Waals surface area contributed by atoms with Crippen molar-refractivity contribution in [2.75, 3.05) is 0 Å². The number of fused-ring (bicyclic) bond motifs is 7. The minimum atomic E-state index is -0.0572. The van der Waals surface area contributed by atoms with Gasteiger partial charge in [0.05, 0.1) is 22.3 Å². The Morgan fingerprint density at radius 2 is 1.38 bits per heavy atom. The molecule has 4 nitrogen and oxygen atoms in total. The van der Waals surface area contributed by atoms with Gasteiger partial charge in [0.2, 0.25) is 0 Å². The first-order chi connectivity index (χ1) is 18.2. The van der Waals surface area contributed by atoms with E-state index in [1.165, 1.54) is 0 Å². The van der Waals surface area contributed by atoms with Crippen molar-refractivity contribution in [1.29, 1.82) is 5.26 Å². The molecule has 0 saturated heterocycles. The molecule has 5 aromatic carbocycles. The van der Waals surface area contributed by atoms with Gasteiger partial charge in [-0.1, -0.05) is 60.7 Å². The predicted octanol–water partition coefficient (Wildman–Crippen LogP) is 5.69. The van der Waals surface area contributed by atoms with Crippen molar-refractivity contribution >= 4 is 44.9 Å². The topological polar surface area (TPSA) is 47.2 Å². The van der Waals surface area contributed by atoms with Crippen LogP contribution in [0.3, 0.4) is 0 Å². The summed E-state index contributed by atoms with van der Waals surface area (Å²) in [7, 11) is 0. The van der Waals surface area contributed by atoms with Crippen LogP contribution in [-0.2, 0) is 0 Å². The molecular weight excluding hydrogens is 455 g/mol. The number of benzene rings is 5. The van der Waals surface area contributed by atoms with E-state index in [4.69, 9.17) is 9.47 Å². The summed E-state index contributed by atoms with van der Waals surface area (Å²) < 4.78 is 15.0. The summed E-state index contributed by atoms with van der Waals surface area (Å²) in [5, 5.41) is 12.6. The van der Waals surface area contributed by atoms with Gasteiger partial charge in [0.15, 0.2) is 0 Å². The number of rotatable bonds is 1. The molecule has 1 aromatic heterocycles. The number of para-hydroxylation sites is 3. The third-order valence-electron chi connectivity index (χ3n) is 7.68. The maximum absolute atomic E-state index is 10.3. The Morgan fingerprint density at radius 3 is 2.11 bits per heavy atom. The highest BCUT2D eigenvalue weighted by Gasteiger charge is 2.41. The smallest absolute Gasteiger partial charge is 0.260 e. The molecule has 0 radical (unpaired) electrons. The monoisotopic (exact) mass is 474 g/mol. The highest BCUT2D eigenvalue weighted by molar-refractivity contribution is 6.98. The molecule has 0 atom stereocenters. The van der Waals surface area contributed by atoms with Gasteiger partial charge in [-0.05, 0) is 53.7 Å². The van der Waals surface area contributed by atoms with E-state index in [0.717, 1.165) is 66.7 Å². The third kappa shape index (κ3) is 2.67. The summed E-state index contributed by atoms with van der Waals surface area (Å²) in [6.07, 6.45) is 0. The summed E-state index contributed by atoms with van der Waals surface area (Å²) in [5.41, 5.74) is 7.84. The lowest BCUT2D eigenvalue weighted by Crippen LogP contribution is -2.57. The molecular formula is C32H19BN2O2. The molecule has 0 spiro atoms. The fourth-order valence-electron chi connectivity index (χ4n) is 6.09. The molecule has 2 aliphatic heterocycles. The van der Waals surface area contributed by atoms with Crippen LogP contribution in [0.4, 0.5) is 0 Å². The molecule has 0 bridgehead atoms. The molecule has 2 aliphatic rings. The summed E-state index contributed by atoms with van der Waals surface area (Å²) >= 11 is 0. The Hall–Kier alpha value is -4.95. The van der Waals surface area contributed by atoms with Crippen LogP contribution in [0.2, 0.25) is 0 Å². The Morgan fingerprint density at radius 1 is 0.703 bits per heavy atom. The maximum atomic E-state index is 10.3. The quantitative estimate of drug-likeness (QED) is 0.287. The molecule has 0 saturated carbocycles. The molecule has 5 heteroatoms. The molecule has 0 amide bonds. The van der Waals surface area contributed by atoms with Crippen molar-refractivity contribution in [3.63, 3.8) is 0 Å². The number of nitrogens with zero attached hydrogens (tertiary/aromatic N) is 2. The number of ether oxygens (including phenoxy) is 2. The Balaban J connectivity index is 1.47. The zero-order chi connectivity index (χ0) is 24.7. The Kier molecular flexibility index (Phi) is 3.99. The lowest BCUT2D eigenvalue weighted by atomic mass is 9.34. The van der Waals surface area contributed by atoms with Gasteiger partial charge in [0, 0.05) is 22.3 Å². The summed E-state index contributed by atoms with van der Waals surface area (Å²) in [5.74, 6) is 3.20. The normalized spacial score (nSPS) is 12.8. The second kappa shape index (κ2) is 7.28. The van der Waals surface area contributed by atoms with Crippen LogP contribution in [0.1, 0.15) is 11.1 Å². The fourth-order valence-corrected chi connectivity index (χ4v) is 6.09.